The van der Waals surface area contributed by atoms with Crippen molar-refractivity contribution in [2.75, 3.05) is 5.32 Å². The molecule has 0 amide bonds. The number of carboxylic acid groups (broad SMARTS) is 1. The zero-order valence-electron chi connectivity index (χ0n) is 11.0. The van der Waals surface area contributed by atoms with Gasteiger partial charge in [0.15, 0.2) is 0 Å². The third-order valence-electron chi connectivity index (χ3n) is 2.91. The molecule has 0 spiro atoms. The molecular weight excluding hydrogens is 340 g/mol. The molecule has 0 unspecified atom stereocenters. The number of benzene rings is 2. The number of carbonyl (C=O) groups is 1. The first-order chi connectivity index (χ1) is 9.90. The van der Waals surface area contributed by atoms with Crippen LogP contribution >= 0.6 is 15.9 Å². The van der Waals surface area contributed by atoms with Crippen LogP contribution < -0.4 is 5.32 Å². The number of carboxylic acids is 1. The fourth-order valence-electron chi connectivity index (χ4n) is 1.88. The number of nitro groups is 1. The number of nitrogens with one attached hydrogen (secondary N) is 1. The van der Waals surface area contributed by atoms with Crippen LogP contribution in [0.25, 0.3) is 0 Å². The Hall–Kier alpha value is -2.41. The van der Waals surface area contributed by atoms with Gasteiger partial charge < -0.3 is 10.4 Å². The summed E-state index contributed by atoms with van der Waals surface area (Å²) in [4.78, 5) is 21.7. The molecule has 21 heavy (non-hydrogen) atoms. The Morgan fingerprint density at radius 3 is 2.67 bits per heavy atom. The summed E-state index contributed by atoms with van der Waals surface area (Å²) in [5.74, 6) is -1.08. The van der Waals surface area contributed by atoms with E-state index in [1.165, 1.54) is 12.1 Å². The molecule has 0 aliphatic carbocycles. The minimum Gasteiger partial charge on any atom is -0.478 e. The second-order valence-corrected chi connectivity index (χ2v) is 5.21. The zero-order chi connectivity index (χ0) is 15.6. The summed E-state index contributed by atoms with van der Waals surface area (Å²) in [5, 5.41) is 23.1. The Balaban J connectivity index is 2.46. The normalized spacial score (nSPS) is 10.2. The van der Waals surface area contributed by atoms with Gasteiger partial charge in [0.2, 0.25) is 0 Å². The van der Waals surface area contributed by atoms with Gasteiger partial charge in [-0.3, -0.25) is 10.1 Å². The molecule has 0 bridgehead atoms. The lowest BCUT2D eigenvalue weighted by Crippen LogP contribution is -2.02. The number of halogens is 1. The summed E-state index contributed by atoms with van der Waals surface area (Å²) < 4.78 is 0.444. The SMILES string of the molecule is Cc1cccc([N+](=O)[O-])c1Nc1ccc(Br)c(C(=O)O)c1. The van der Waals surface area contributed by atoms with Gasteiger partial charge >= 0.3 is 5.97 Å². The number of nitro benzene ring substituents is 1. The van der Waals surface area contributed by atoms with Gasteiger partial charge in [0.1, 0.15) is 5.69 Å². The highest BCUT2D eigenvalue weighted by Gasteiger charge is 2.16. The second kappa shape index (κ2) is 5.92. The molecule has 0 heterocycles. The van der Waals surface area contributed by atoms with Crippen molar-refractivity contribution >= 4 is 39.0 Å². The first-order valence-corrected chi connectivity index (χ1v) is 6.73. The number of hydrogen-bond donors (Lipinski definition) is 2. The fraction of sp³-hybridized carbons (Fsp3) is 0.0714. The first-order valence-electron chi connectivity index (χ1n) is 5.94. The van der Waals surface area contributed by atoms with Crippen molar-refractivity contribution in [2.24, 2.45) is 0 Å². The molecule has 2 aromatic rings. The molecule has 2 rings (SSSR count). The van der Waals surface area contributed by atoms with E-state index in [-0.39, 0.29) is 11.3 Å². The fourth-order valence-corrected chi connectivity index (χ4v) is 2.29. The summed E-state index contributed by atoms with van der Waals surface area (Å²) in [6.45, 7) is 1.74. The average Bonchev–Trinajstić information content (AvgIpc) is 2.42. The maximum absolute atomic E-state index is 11.1. The quantitative estimate of drug-likeness (QED) is 0.639. The Kier molecular flexibility index (Phi) is 4.23. The highest BCUT2D eigenvalue weighted by molar-refractivity contribution is 9.10. The van der Waals surface area contributed by atoms with Crippen LogP contribution in [0, 0.1) is 17.0 Å². The minimum absolute atomic E-state index is 0.0604. The molecule has 0 saturated carbocycles. The van der Waals surface area contributed by atoms with Crippen molar-refractivity contribution in [3.63, 3.8) is 0 Å². The number of nitrogens with zero attached hydrogens (tertiary/aromatic N) is 1. The van der Waals surface area contributed by atoms with Crippen molar-refractivity contribution in [1.29, 1.82) is 0 Å². The number of rotatable bonds is 4. The Bertz CT molecular complexity index is 731. The van der Waals surface area contributed by atoms with Crippen molar-refractivity contribution in [1.82, 2.24) is 0 Å². The molecule has 2 aromatic carbocycles. The highest BCUT2D eigenvalue weighted by Crippen LogP contribution is 2.32. The lowest BCUT2D eigenvalue weighted by atomic mass is 10.1. The number of aryl methyl sites for hydroxylation is 1. The molecule has 0 fully saturated rings. The first kappa shape index (κ1) is 15.0. The van der Waals surface area contributed by atoms with Gasteiger partial charge in [0, 0.05) is 16.2 Å². The lowest BCUT2D eigenvalue weighted by Gasteiger charge is -2.11. The van der Waals surface area contributed by atoms with Crippen LogP contribution in [0.1, 0.15) is 15.9 Å². The second-order valence-electron chi connectivity index (χ2n) is 4.35. The van der Waals surface area contributed by atoms with E-state index in [1.54, 1.807) is 31.2 Å². The molecule has 0 aliphatic heterocycles. The van der Waals surface area contributed by atoms with E-state index in [1.807, 2.05) is 0 Å². The molecule has 0 aliphatic rings. The van der Waals surface area contributed by atoms with Crippen molar-refractivity contribution < 1.29 is 14.8 Å². The monoisotopic (exact) mass is 350 g/mol. The third-order valence-corrected chi connectivity index (χ3v) is 3.61. The predicted molar refractivity (Wildman–Crippen MR) is 82.2 cm³/mol. The van der Waals surface area contributed by atoms with E-state index in [4.69, 9.17) is 5.11 Å². The van der Waals surface area contributed by atoms with Crippen molar-refractivity contribution in [3.05, 3.63) is 62.1 Å². The summed E-state index contributed by atoms with van der Waals surface area (Å²) in [7, 11) is 0. The Morgan fingerprint density at radius 1 is 1.33 bits per heavy atom. The molecule has 0 atom stereocenters. The Morgan fingerprint density at radius 2 is 2.05 bits per heavy atom. The van der Waals surface area contributed by atoms with Crippen LogP contribution in [-0.4, -0.2) is 16.0 Å². The van der Waals surface area contributed by atoms with Crippen LogP contribution in [0.15, 0.2) is 40.9 Å². The van der Waals surface area contributed by atoms with E-state index >= 15 is 0 Å². The molecule has 108 valence electrons. The smallest absolute Gasteiger partial charge is 0.336 e. The van der Waals surface area contributed by atoms with E-state index in [0.717, 1.165) is 0 Å². The number of anilines is 2. The maximum atomic E-state index is 11.1. The van der Waals surface area contributed by atoms with Gasteiger partial charge in [0.25, 0.3) is 5.69 Å². The van der Waals surface area contributed by atoms with E-state index in [0.29, 0.717) is 21.4 Å². The summed E-state index contributed by atoms with van der Waals surface area (Å²) in [6, 6.07) is 9.38. The van der Waals surface area contributed by atoms with E-state index < -0.39 is 10.9 Å². The average molecular weight is 351 g/mol. The van der Waals surface area contributed by atoms with Crippen LogP contribution in [0.2, 0.25) is 0 Å². The highest BCUT2D eigenvalue weighted by atomic mass is 79.9. The molecule has 0 aromatic heterocycles. The van der Waals surface area contributed by atoms with E-state index in [2.05, 4.69) is 21.2 Å². The summed E-state index contributed by atoms with van der Waals surface area (Å²) in [6.07, 6.45) is 0. The van der Waals surface area contributed by atoms with Gasteiger partial charge in [-0.1, -0.05) is 12.1 Å². The van der Waals surface area contributed by atoms with Crippen molar-refractivity contribution in [3.8, 4) is 0 Å². The number of para-hydroxylation sites is 1. The largest absolute Gasteiger partial charge is 0.478 e. The minimum atomic E-state index is -1.08. The van der Waals surface area contributed by atoms with Crippen molar-refractivity contribution in [2.45, 2.75) is 6.92 Å². The topological polar surface area (TPSA) is 92.5 Å². The molecule has 6 nitrogen and oxygen atoms in total. The standard InChI is InChI=1S/C14H11BrN2O4/c1-8-3-2-4-12(17(20)21)13(8)16-9-5-6-11(15)10(7-9)14(18)19/h2-7,16H,1H3,(H,18,19). The van der Waals surface area contributed by atoms with Crippen LogP contribution in [0.4, 0.5) is 17.1 Å². The van der Waals surface area contributed by atoms with E-state index in [9.17, 15) is 14.9 Å². The van der Waals surface area contributed by atoms with Gasteiger partial charge in [-0.05, 0) is 46.6 Å². The summed E-state index contributed by atoms with van der Waals surface area (Å²) >= 11 is 3.15. The maximum Gasteiger partial charge on any atom is 0.336 e. The summed E-state index contributed by atoms with van der Waals surface area (Å²) in [5.41, 5.74) is 1.53. The van der Waals surface area contributed by atoms with Gasteiger partial charge in [-0.25, -0.2) is 4.79 Å². The Labute approximate surface area is 128 Å². The molecule has 0 saturated heterocycles. The molecule has 2 N–H and O–H groups in total. The molecule has 7 heteroatoms. The lowest BCUT2D eigenvalue weighted by molar-refractivity contribution is -0.384. The third kappa shape index (κ3) is 3.19. The zero-order valence-corrected chi connectivity index (χ0v) is 12.5. The van der Waals surface area contributed by atoms with Gasteiger partial charge in [0.05, 0.1) is 10.5 Å². The van der Waals surface area contributed by atoms with Gasteiger partial charge in [-0.2, -0.15) is 0 Å². The van der Waals surface area contributed by atoms with Crippen LogP contribution in [0.3, 0.4) is 0 Å². The predicted octanol–water partition coefficient (Wildman–Crippen LogP) is 4.11. The van der Waals surface area contributed by atoms with Crippen LogP contribution in [0.5, 0.6) is 0 Å². The number of aromatic carboxylic acids is 1. The van der Waals surface area contributed by atoms with Gasteiger partial charge in [-0.15, -0.1) is 0 Å². The molecular formula is C14H11BrN2O4. The molecule has 0 radical (unpaired) electrons. The number of hydrogen-bond acceptors (Lipinski definition) is 4. The van der Waals surface area contributed by atoms with Crippen LogP contribution in [-0.2, 0) is 0 Å².